The summed E-state index contributed by atoms with van der Waals surface area (Å²) in [4.78, 5) is 10.7. The molecule has 0 bridgehead atoms. The lowest BCUT2D eigenvalue weighted by Gasteiger charge is -1.97. The predicted octanol–water partition coefficient (Wildman–Crippen LogP) is 1.84. The van der Waals surface area contributed by atoms with Crippen molar-refractivity contribution in [2.45, 2.75) is 6.54 Å². The molecule has 0 saturated carbocycles. The molecule has 2 aromatic heterocycles. The van der Waals surface area contributed by atoms with E-state index in [0.717, 1.165) is 10.0 Å². The average molecular weight is 350 g/mol. The zero-order chi connectivity index (χ0) is 14.8. The van der Waals surface area contributed by atoms with Crippen LogP contribution in [0.3, 0.4) is 0 Å². The molecule has 2 heterocycles. The van der Waals surface area contributed by atoms with Crippen molar-refractivity contribution in [2.75, 3.05) is 0 Å². The lowest BCUT2D eigenvalue weighted by molar-refractivity contribution is 0.0690. The normalized spacial score (nSPS) is 10.7. The minimum Gasteiger partial charge on any atom is -0.476 e. The van der Waals surface area contributed by atoms with Crippen LogP contribution < -0.4 is 0 Å². The van der Waals surface area contributed by atoms with E-state index in [1.165, 1.54) is 10.9 Å². The molecule has 0 saturated heterocycles. The number of hydrogen-bond acceptors (Lipinski definition) is 6. The molecule has 0 aliphatic rings. The van der Waals surface area contributed by atoms with Crippen LogP contribution in [-0.2, 0) is 6.54 Å². The van der Waals surface area contributed by atoms with E-state index in [4.69, 9.17) is 9.52 Å². The van der Waals surface area contributed by atoms with Crippen LogP contribution in [0.5, 0.6) is 0 Å². The Hall–Kier alpha value is -2.55. The van der Waals surface area contributed by atoms with E-state index in [1.54, 1.807) is 0 Å². The Morgan fingerprint density at radius 3 is 2.81 bits per heavy atom. The fourth-order valence-electron chi connectivity index (χ4n) is 1.67. The highest BCUT2D eigenvalue weighted by Crippen LogP contribution is 2.26. The van der Waals surface area contributed by atoms with Gasteiger partial charge >= 0.3 is 5.97 Å². The summed E-state index contributed by atoms with van der Waals surface area (Å²) >= 11 is 3.41. The summed E-state index contributed by atoms with van der Waals surface area (Å²) in [5.41, 5.74) is 0.640. The maximum atomic E-state index is 10.7. The van der Waals surface area contributed by atoms with Gasteiger partial charge < -0.3 is 9.52 Å². The molecule has 106 valence electrons. The quantitative estimate of drug-likeness (QED) is 0.765. The van der Waals surface area contributed by atoms with Crippen molar-refractivity contribution in [1.29, 1.82) is 0 Å². The summed E-state index contributed by atoms with van der Waals surface area (Å²) < 4.78 is 7.70. The lowest BCUT2D eigenvalue weighted by Crippen LogP contribution is -2.00. The first-order valence-corrected chi connectivity index (χ1v) is 6.63. The Morgan fingerprint density at radius 1 is 1.29 bits per heavy atom. The predicted molar refractivity (Wildman–Crippen MR) is 73.5 cm³/mol. The molecule has 0 spiro atoms. The van der Waals surface area contributed by atoms with Crippen molar-refractivity contribution in [1.82, 2.24) is 25.2 Å². The van der Waals surface area contributed by atoms with Crippen molar-refractivity contribution < 1.29 is 14.3 Å². The molecule has 0 amide bonds. The standard InChI is InChI=1S/C12H8BrN5O3/c13-8-4-2-1-3-7(8)11-16-15-10(21-11)6-18-5-9(12(19)20)14-17-18/h1-5H,6H2,(H,19,20). The van der Waals surface area contributed by atoms with Gasteiger partial charge in [0.1, 0.15) is 6.54 Å². The number of benzene rings is 1. The van der Waals surface area contributed by atoms with Crippen molar-refractivity contribution in [2.24, 2.45) is 0 Å². The number of hydrogen-bond donors (Lipinski definition) is 1. The molecule has 0 aliphatic carbocycles. The zero-order valence-electron chi connectivity index (χ0n) is 10.5. The van der Waals surface area contributed by atoms with Gasteiger partial charge in [-0.05, 0) is 28.1 Å². The van der Waals surface area contributed by atoms with E-state index in [-0.39, 0.29) is 12.2 Å². The third-order valence-electron chi connectivity index (χ3n) is 2.63. The molecule has 9 heteroatoms. The highest BCUT2D eigenvalue weighted by Gasteiger charge is 2.13. The van der Waals surface area contributed by atoms with Gasteiger partial charge in [-0.2, -0.15) is 0 Å². The molecule has 8 nitrogen and oxygen atoms in total. The second-order valence-electron chi connectivity index (χ2n) is 4.09. The molecule has 21 heavy (non-hydrogen) atoms. The second-order valence-corrected chi connectivity index (χ2v) is 4.94. The largest absolute Gasteiger partial charge is 0.476 e. The van der Waals surface area contributed by atoms with Crippen LogP contribution in [-0.4, -0.2) is 36.3 Å². The van der Waals surface area contributed by atoms with Crippen LogP contribution in [0.25, 0.3) is 11.5 Å². The number of carboxylic acids is 1. The number of aromatic nitrogens is 5. The molecule has 0 unspecified atom stereocenters. The van der Waals surface area contributed by atoms with Gasteiger partial charge in [0.25, 0.3) is 0 Å². The third-order valence-corrected chi connectivity index (χ3v) is 3.32. The highest BCUT2D eigenvalue weighted by molar-refractivity contribution is 9.10. The second kappa shape index (κ2) is 5.44. The van der Waals surface area contributed by atoms with Gasteiger partial charge in [-0.1, -0.05) is 17.3 Å². The first kappa shape index (κ1) is 13.4. The summed E-state index contributed by atoms with van der Waals surface area (Å²) in [6.45, 7) is 0.151. The molecular weight excluding hydrogens is 342 g/mol. The van der Waals surface area contributed by atoms with Crippen LogP contribution in [0, 0.1) is 0 Å². The van der Waals surface area contributed by atoms with E-state index in [2.05, 4.69) is 36.4 Å². The van der Waals surface area contributed by atoms with Crippen molar-refractivity contribution >= 4 is 21.9 Å². The molecule has 3 rings (SSSR count). The number of carbonyl (C=O) groups is 1. The fraction of sp³-hybridized carbons (Fsp3) is 0.0833. The van der Waals surface area contributed by atoms with Crippen LogP contribution in [0.2, 0.25) is 0 Å². The first-order valence-electron chi connectivity index (χ1n) is 5.84. The molecule has 0 radical (unpaired) electrons. The van der Waals surface area contributed by atoms with E-state index >= 15 is 0 Å². The number of nitrogens with zero attached hydrogens (tertiary/aromatic N) is 5. The van der Waals surface area contributed by atoms with Gasteiger partial charge in [-0.3, -0.25) is 0 Å². The summed E-state index contributed by atoms with van der Waals surface area (Å²) in [6.07, 6.45) is 1.30. The van der Waals surface area contributed by atoms with Crippen molar-refractivity contribution in [3.63, 3.8) is 0 Å². The van der Waals surface area contributed by atoms with Crippen LogP contribution in [0.4, 0.5) is 0 Å². The molecule has 1 aromatic carbocycles. The van der Waals surface area contributed by atoms with Gasteiger partial charge in [-0.25, -0.2) is 9.48 Å². The van der Waals surface area contributed by atoms with Crippen molar-refractivity contribution in [3.8, 4) is 11.5 Å². The topological polar surface area (TPSA) is 107 Å². The van der Waals surface area contributed by atoms with E-state index in [1.807, 2.05) is 24.3 Å². The number of carboxylic acid groups (broad SMARTS) is 1. The lowest BCUT2D eigenvalue weighted by atomic mass is 10.2. The maximum Gasteiger partial charge on any atom is 0.358 e. The SMILES string of the molecule is O=C(O)c1cn(Cc2nnc(-c3ccccc3Br)o2)nn1. The van der Waals surface area contributed by atoms with Crippen LogP contribution in [0.15, 0.2) is 39.4 Å². The summed E-state index contributed by atoms with van der Waals surface area (Å²) in [6, 6.07) is 7.46. The highest BCUT2D eigenvalue weighted by atomic mass is 79.9. The van der Waals surface area contributed by atoms with E-state index < -0.39 is 5.97 Å². The smallest absolute Gasteiger partial charge is 0.358 e. The monoisotopic (exact) mass is 349 g/mol. The van der Waals surface area contributed by atoms with Gasteiger partial charge in [-0.15, -0.1) is 15.3 Å². The Bertz CT molecular complexity index is 798. The van der Waals surface area contributed by atoms with Gasteiger partial charge in [0.15, 0.2) is 5.69 Å². The van der Waals surface area contributed by atoms with Crippen LogP contribution >= 0.6 is 15.9 Å². The number of aromatic carboxylic acids is 1. The summed E-state index contributed by atoms with van der Waals surface area (Å²) in [5, 5.41) is 23.8. The van der Waals surface area contributed by atoms with Crippen LogP contribution in [0.1, 0.15) is 16.4 Å². The van der Waals surface area contributed by atoms with Gasteiger partial charge in [0, 0.05) is 4.47 Å². The Kier molecular flexibility index (Phi) is 3.48. The Balaban J connectivity index is 1.82. The Morgan fingerprint density at radius 2 is 2.10 bits per heavy atom. The molecular formula is C12H8BrN5O3. The summed E-state index contributed by atoms with van der Waals surface area (Å²) in [5.74, 6) is -0.459. The first-order chi connectivity index (χ1) is 10.1. The molecule has 0 fully saturated rings. The minimum absolute atomic E-state index is 0.138. The minimum atomic E-state index is -1.14. The molecule has 3 aromatic rings. The molecule has 0 atom stereocenters. The van der Waals surface area contributed by atoms with E-state index in [9.17, 15) is 4.79 Å². The van der Waals surface area contributed by atoms with Gasteiger partial charge in [0.2, 0.25) is 11.8 Å². The Labute approximate surface area is 126 Å². The van der Waals surface area contributed by atoms with Crippen molar-refractivity contribution in [3.05, 3.63) is 46.5 Å². The van der Waals surface area contributed by atoms with E-state index in [0.29, 0.717) is 11.8 Å². The fourth-order valence-corrected chi connectivity index (χ4v) is 2.13. The molecule has 0 aliphatic heterocycles. The molecule has 1 N–H and O–H groups in total. The number of halogens is 1. The zero-order valence-corrected chi connectivity index (χ0v) is 12.1. The summed E-state index contributed by atoms with van der Waals surface area (Å²) in [7, 11) is 0. The number of rotatable bonds is 4. The third kappa shape index (κ3) is 2.82. The average Bonchev–Trinajstić information content (AvgIpc) is 3.09. The maximum absolute atomic E-state index is 10.7. The van der Waals surface area contributed by atoms with Gasteiger partial charge in [0.05, 0.1) is 11.8 Å².